The molecule has 0 spiro atoms. The van der Waals surface area contributed by atoms with Crippen LogP contribution >= 0.6 is 0 Å². The van der Waals surface area contributed by atoms with Gasteiger partial charge in [-0.1, -0.05) is 6.07 Å². The van der Waals surface area contributed by atoms with Gasteiger partial charge in [0.15, 0.2) is 15.4 Å². The van der Waals surface area contributed by atoms with Gasteiger partial charge in [0.25, 0.3) is 0 Å². The third-order valence-corrected chi connectivity index (χ3v) is 5.22. The summed E-state index contributed by atoms with van der Waals surface area (Å²) in [5, 5.41) is 0. The summed E-state index contributed by atoms with van der Waals surface area (Å²) in [6.07, 6.45) is 1.14. The highest BCUT2D eigenvalue weighted by Gasteiger charge is 2.43. The smallest absolute Gasteiger partial charge is 0.213 e. The molecule has 0 atom stereocenters. The van der Waals surface area contributed by atoms with Crippen LogP contribution in [0.3, 0.4) is 0 Å². The number of carbonyl (C=O) groups excluding carboxylic acids is 1. The molecule has 0 bridgehead atoms. The summed E-state index contributed by atoms with van der Waals surface area (Å²) in [5.41, 5.74) is 0.365. The molecule has 6 nitrogen and oxygen atoms in total. The minimum atomic E-state index is -3.30. The average molecular weight is 373 g/mol. The van der Waals surface area contributed by atoms with E-state index in [4.69, 9.17) is 9.47 Å². The van der Waals surface area contributed by atoms with E-state index < -0.39 is 15.4 Å². The Bertz CT molecular complexity index is 1000. The Labute approximate surface area is 152 Å². The summed E-state index contributed by atoms with van der Waals surface area (Å²) < 4.78 is 34.4. The van der Waals surface area contributed by atoms with Crippen molar-refractivity contribution < 1.29 is 22.7 Å². The summed E-state index contributed by atoms with van der Waals surface area (Å²) in [4.78, 5) is 17.4. The number of ketones is 1. The van der Waals surface area contributed by atoms with E-state index in [1.54, 1.807) is 44.2 Å². The third-order valence-electron chi connectivity index (χ3n) is 4.09. The maximum atomic E-state index is 12.9. The van der Waals surface area contributed by atoms with Crippen LogP contribution in [0.1, 0.15) is 25.1 Å². The molecule has 1 aliphatic heterocycles. The van der Waals surface area contributed by atoms with E-state index >= 15 is 0 Å². The number of sulfone groups is 1. The van der Waals surface area contributed by atoms with Crippen molar-refractivity contribution in [2.24, 2.45) is 0 Å². The minimum absolute atomic E-state index is 0.194. The molecule has 0 radical (unpaired) electrons. The molecule has 0 saturated carbocycles. The van der Waals surface area contributed by atoms with Gasteiger partial charge in [0.2, 0.25) is 11.7 Å². The Morgan fingerprint density at radius 1 is 1.08 bits per heavy atom. The molecule has 0 amide bonds. The second kappa shape index (κ2) is 6.25. The second-order valence-corrected chi connectivity index (χ2v) is 8.52. The zero-order valence-electron chi connectivity index (χ0n) is 14.9. The Morgan fingerprint density at radius 3 is 2.31 bits per heavy atom. The van der Waals surface area contributed by atoms with Crippen LogP contribution in [0, 0.1) is 0 Å². The summed E-state index contributed by atoms with van der Waals surface area (Å²) in [7, 11) is -1.80. The number of pyridine rings is 1. The van der Waals surface area contributed by atoms with Crippen molar-refractivity contribution in [1.29, 1.82) is 0 Å². The molecule has 0 N–H and O–H groups in total. The molecular formula is C19H19NO5S. The van der Waals surface area contributed by atoms with Crippen molar-refractivity contribution in [2.45, 2.75) is 24.3 Å². The molecule has 0 aliphatic carbocycles. The first-order valence-electron chi connectivity index (χ1n) is 7.93. The molecule has 3 rings (SSSR count). The Morgan fingerprint density at radius 2 is 1.73 bits per heavy atom. The molecule has 7 heteroatoms. The molecule has 2 aromatic rings. The monoisotopic (exact) mass is 373 g/mol. The van der Waals surface area contributed by atoms with Crippen LogP contribution in [0.4, 0.5) is 0 Å². The topological polar surface area (TPSA) is 82.6 Å². The predicted molar refractivity (Wildman–Crippen MR) is 97.3 cm³/mol. The van der Waals surface area contributed by atoms with Crippen molar-refractivity contribution in [3.8, 4) is 5.88 Å². The predicted octanol–water partition coefficient (Wildman–Crippen LogP) is 2.74. The number of methoxy groups -OCH3 is 1. The van der Waals surface area contributed by atoms with Crippen molar-refractivity contribution >= 4 is 27.0 Å². The second-order valence-electron chi connectivity index (χ2n) is 6.51. The number of nitrogens with zero attached hydrogens (tertiary/aromatic N) is 1. The first kappa shape index (κ1) is 18.1. The largest absolute Gasteiger partial charge is 0.481 e. The van der Waals surface area contributed by atoms with Crippen LogP contribution < -0.4 is 4.74 Å². The normalized spacial score (nSPS) is 16.5. The van der Waals surface area contributed by atoms with Gasteiger partial charge in [0.05, 0.1) is 23.3 Å². The number of benzene rings is 1. The molecule has 1 aromatic heterocycles. The van der Waals surface area contributed by atoms with Crippen molar-refractivity contribution in [1.82, 2.24) is 4.98 Å². The lowest BCUT2D eigenvalue weighted by atomic mass is 9.95. The van der Waals surface area contributed by atoms with E-state index in [1.165, 1.54) is 19.2 Å². The molecule has 26 heavy (non-hydrogen) atoms. The van der Waals surface area contributed by atoms with E-state index in [0.29, 0.717) is 28.5 Å². The van der Waals surface area contributed by atoms with E-state index in [9.17, 15) is 13.2 Å². The molecule has 136 valence electrons. The third kappa shape index (κ3) is 3.22. The van der Waals surface area contributed by atoms with E-state index in [2.05, 4.69) is 4.98 Å². The molecule has 1 aromatic carbocycles. The number of Topliss-reactive ketones (excluding diaryl/α,β-unsaturated/α-hetero) is 1. The summed E-state index contributed by atoms with van der Waals surface area (Å²) >= 11 is 0. The van der Waals surface area contributed by atoms with Gasteiger partial charge in [-0.2, -0.15) is 0 Å². The van der Waals surface area contributed by atoms with Crippen molar-refractivity contribution in [3.63, 3.8) is 0 Å². The number of ether oxygens (including phenoxy) is 2. The summed E-state index contributed by atoms with van der Waals surface area (Å²) in [6.45, 7) is 3.38. The van der Waals surface area contributed by atoms with E-state index in [0.717, 1.165) is 6.26 Å². The van der Waals surface area contributed by atoms with Gasteiger partial charge in [-0.15, -0.1) is 0 Å². The standard InChI is InChI=1S/C19H19NO5S/c1-19(2)18(21)16(14-6-5-7-15(20-14)24-3)17(25-19)12-8-10-13(11-9-12)26(4,22)23/h5-11H,1-4H3. The maximum absolute atomic E-state index is 12.9. The lowest BCUT2D eigenvalue weighted by molar-refractivity contribution is -0.125. The molecule has 0 fully saturated rings. The van der Waals surface area contributed by atoms with Crippen LogP contribution in [0.2, 0.25) is 0 Å². The molecule has 2 heterocycles. The van der Waals surface area contributed by atoms with Crippen LogP contribution in [0.25, 0.3) is 11.3 Å². The highest BCUT2D eigenvalue weighted by molar-refractivity contribution is 7.90. The molecule has 1 aliphatic rings. The van der Waals surface area contributed by atoms with Gasteiger partial charge in [0.1, 0.15) is 5.76 Å². The Balaban J connectivity index is 2.16. The number of hydrogen-bond acceptors (Lipinski definition) is 6. The number of carbonyl (C=O) groups is 1. The number of aromatic nitrogens is 1. The number of rotatable bonds is 4. The first-order chi connectivity index (χ1) is 12.1. The molecular weight excluding hydrogens is 354 g/mol. The van der Waals surface area contributed by atoms with Gasteiger partial charge < -0.3 is 9.47 Å². The maximum Gasteiger partial charge on any atom is 0.213 e. The lowest BCUT2D eigenvalue weighted by Crippen LogP contribution is -2.29. The Kier molecular flexibility index (Phi) is 4.36. The molecule has 0 saturated heterocycles. The van der Waals surface area contributed by atoms with Gasteiger partial charge >= 0.3 is 0 Å². The van der Waals surface area contributed by atoms with Crippen molar-refractivity contribution in [3.05, 3.63) is 53.7 Å². The van der Waals surface area contributed by atoms with Crippen LogP contribution in [0.15, 0.2) is 47.4 Å². The van der Waals surface area contributed by atoms with E-state index in [-0.39, 0.29) is 10.7 Å². The van der Waals surface area contributed by atoms with Gasteiger partial charge in [-0.3, -0.25) is 4.79 Å². The summed E-state index contributed by atoms with van der Waals surface area (Å²) in [5.74, 6) is 0.570. The van der Waals surface area contributed by atoms with Crippen LogP contribution in [-0.2, 0) is 19.4 Å². The Hall–Kier alpha value is -2.67. The van der Waals surface area contributed by atoms with Gasteiger partial charge in [-0.25, -0.2) is 13.4 Å². The SMILES string of the molecule is COc1cccc(C2=C(c3ccc(S(C)(=O)=O)cc3)OC(C)(C)C2=O)n1. The van der Waals surface area contributed by atoms with Crippen LogP contribution in [0.5, 0.6) is 5.88 Å². The highest BCUT2D eigenvalue weighted by atomic mass is 32.2. The summed E-state index contributed by atoms with van der Waals surface area (Å²) in [6, 6.07) is 11.4. The van der Waals surface area contributed by atoms with Crippen LogP contribution in [-0.4, -0.2) is 38.2 Å². The fourth-order valence-corrected chi connectivity index (χ4v) is 3.34. The van der Waals surface area contributed by atoms with Gasteiger partial charge in [0, 0.05) is 17.9 Å². The van der Waals surface area contributed by atoms with E-state index in [1.807, 2.05) is 0 Å². The number of hydrogen-bond donors (Lipinski definition) is 0. The van der Waals surface area contributed by atoms with Crippen molar-refractivity contribution in [2.75, 3.05) is 13.4 Å². The first-order valence-corrected chi connectivity index (χ1v) is 9.82. The minimum Gasteiger partial charge on any atom is -0.481 e. The highest BCUT2D eigenvalue weighted by Crippen LogP contribution is 2.41. The zero-order chi connectivity index (χ0) is 19.1. The van der Waals surface area contributed by atoms with Gasteiger partial charge in [-0.05, 0) is 44.2 Å². The zero-order valence-corrected chi connectivity index (χ0v) is 15.8. The fraction of sp³-hybridized carbons (Fsp3) is 0.263. The fourth-order valence-electron chi connectivity index (χ4n) is 2.71. The quantitative estimate of drug-likeness (QED) is 0.820. The molecule has 0 unspecified atom stereocenters. The lowest BCUT2D eigenvalue weighted by Gasteiger charge is -2.17. The average Bonchev–Trinajstić information content (AvgIpc) is 2.84.